The molecule has 148 valence electrons. The number of carbonyl (C=O) groups is 1. The fraction of sp³-hybridized carbons (Fsp3) is 0.438. The molecule has 0 saturated carbocycles. The Hall–Kier alpha value is -2.43. The molecule has 7 nitrogen and oxygen atoms in total. The zero-order chi connectivity index (χ0) is 20.4. The van der Waals surface area contributed by atoms with Gasteiger partial charge in [0, 0.05) is 6.20 Å². The molecule has 1 amide bonds. The van der Waals surface area contributed by atoms with Gasteiger partial charge in [0.05, 0.1) is 28.3 Å². The van der Waals surface area contributed by atoms with Crippen molar-refractivity contribution in [3.8, 4) is 5.82 Å². The largest absolute Gasteiger partial charge is 0.417 e. The molecule has 0 aliphatic carbocycles. The second-order valence-electron chi connectivity index (χ2n) is 5.87. The summed E-state index contributed by atoms with van der Waals surface area (Å²) in [5.74, 6) is -0.778. The monoisotopic (exact) mass is 404 g/mol. The van der Waals surface area contributed by atoms with Crippen LogP contribution in [0.2, 0.25) is 0 Å². The van der Waals surface area contributed by atoms with Crippen molar-refractivity contribution in [3.05, 3.63) is 41.3 Å². The van der Waals surface area contributed by atoms with Crippen LogP contribution in [-0.4, -0.2) is 34.3 Å². The third-order valence-electron chi connectivity index (χ3n) is 4.13. The van der Waals surface area contributed by atoms with Gasteiger partial charge in [-0.15, -0.1) is 0 Å². The molecule has 11 heteroatoms. The summed E-state index contributed by atoms with van der Waals surface area (Å²) in [6.07, 6.45) is -2.00. The van der Waals surface area contributed by atoms with Crippen molar-refractivity contribution < 1.29 is 26.4 Å². The van der Waals surface area contributed by atoms with Crippen LogP contribution in [0, 0.1) is 6.92 Å². The smallest absolute Gasteiger partial charge is 0.268 e. The number of pyridine rings is 1. The minimum atomic E-state index is -4.51. The normalized spacial score (nSPS) is 12.4. The summed E-state index contributed by atoms with van der Waals surface area (Å²) in [5.41, 5.74) is -0.670. The van der Waals surface area contributed by atoms with Crippen LogP contribution in [0.15, 0.2) is 24.5 Å². The summed E-state index contributed by atoms with van der Waals surface area (Å²) >= 11 is 0. The molecule has 27 heavy (non-hydrogen) atoms. The van der Waals surface area contributed by atoms with E-state index in [9.17, 15) is 26.4 Å². The highest BCUT2D eigenvalue weighted by atomic mass is 32.2. The third-order valence-corrected chi connectivity index (χ3v) is 6.15. The molecule has 0 saturated heterocycles. The summed E-state index contributed by atoms with van der Waals surface area (Å²) in [4.78, 5) is 16.0. The summed E-state index contributed by atoms with van der Waals surface area (Å²) in [6, 6.07) is 1.96. The van der Waals surface area contributed by atoms with E-state index in [0.29, 0.717) is 19.0 Å². The van der Waals surface area contributed by atoms with E-state index in [0.717, 1.165) is 18.3 Å². The Morgan fingerprint density at radius 1 is 1.22 bits per heavy atom. The van der Waals surface area contributed by atoms with Gasteiger partial charge in [0.1, 0.15) is 0 Å². The average molecular weight is 404 g/mol. The Labute approximate surface area is 154 Å². The highest BCUT2D eigenvalue weighted by molar-refractivity contribution is 7.90. The second-order valence-corrected chi connectivity index (χ2v) is 7.83. The molecule has 2 rings (SSSR count). The Kier molecular flexibility index (Phi) is 5.93. The number of hydrogen-bond donors (Lipinski definition) is 1. The Balaban J connectivity index is 2.28. The van der Waals surface area contributed by atoms with Gasteiger partial charge in [-0.2, -0.15) is 18.3 Å². The lowest BCUT2D eigenvalue weighted by Gasteiger charge is -2.14. The maximum Gasteiger partial charge on any atom is 0.417 e. The van der Waals surface area contributed by atoms with Crippen LogP contribution in [0.3, 0.4) is 0 Å². The van der Waals surface area contributed by atoms with Crippen molar-refractivity contribution in [3.63, 3.8) is 0 Å². The zero-order valence-corrected chi connectivity index (χ0v) is 15.7. The highest BCUT2D eigenvalue weighted by Gasteiger charge is 2.31. The van der Waals surface area contributed by atoms with E-state index in [2.05, 4.69) is 10.1 Å². The number of halogens is 3. The predicted molar refractivity (Wildman–Crippen MR) is 91.9 cm³/mol. The fourth-order valence-corrected chi connectivity index (χ4v) is 3.95. The Morgan fingerprint density at radius 3 is 2.33 bits per heavy atom. The summed E-state index contributed by atoms with van der Waals surface area (Å²) in [6.45, 7) is 4.90. The average Bonchev–Trinajstić information content (AvgIpc) is 2.96. The molecular formula is C16H19F3N4O3S. The molecule has 0 fully saturated rings. The minimum absolute atomic E-state index is 0.00812. The van der Waals surface area contributed by atoms with E-state index in [-0.39, 0.29) is 17.1 Å². The van der Waals surface area contributed by atoms with Gasteiger partial charge in [0.25, 0.3) is 5.91 Å². The first-order valence-electron chi connectivity index (χ1n) is 8.15. The number of hydrogen-bond acceptors (Lipinski definition) is 5. The number of alkyl halides is 3. The van der Waals surface area contributed by atoms with Crippen LogP contribution in [0.1, 0.15) is 48.3 Å². The summed E-state index contributed by atoms with van der Waals surface area (Å²) in [7, 11) is -3.84. The second kappa shape index (κ2) is 7.67. The Bertz CT molecular complexity index is 917. The van der Waals surface area contributed by atoms with Gasteiger partial charge >= 0.3 is 6.18 Å². The maximum absolute atomic E-state index is 12.6. The van der Waals surface area contributed by atoms with Crippen molar-refractivity contribution >= 4 is 15.9 Å². The number of amides is 1. The third kappa shape index (κ3) is 4.46. The van der Waals surface area contributed by atoms with Crippen LogP contribution in [-0.2, 0) is 16.2 Å². The van der Waals surface area contributed by atoms with Gasteiger partial charge in [-0.25, -0.2) is 22.8 Å². The molecule has 0 aromatic carbocycles. The van der Waals surface area contributed by atoms with Gasteiger partial charge < -0.3 is 0 Å². The standard InChI is InChI=1S/C16H19F3N4O3S/c1-4-12(5-2)27(25,26)22-15(24)13-9-21-23(10(13)3)14-7-6-11(8-20-14)16(17,18)19/h6-9,12H,4-5H2,1-3H3,(H,22,24). The number of aromatic nitrogens is 3. The van der Waals surface area contributed by atoms with Gasteiger partial charge in [0.15, 0.2) is 5.82 Å². The molecule has 0 bridgehead atoms. The van der Waals surface area contributed by atoms with Crippen molar-refractivity contribution in [1.29, 1.82) is 0 Å². The first kappa shape index (κ1) is 20.9. The van der Waals surface area contributed by atoms with Crippen LogP contribution in [0.5, 0.6) is 0 Å². The molecule has 0 aliphatic heterocycles. The lowest BCUT2D eigenvalue weighted by Crippen LogP contribution is -2.38. The Morgan fingerprint density at radius 2 is 1.85 bits per heavy atom. The summed E-state index contributed by atoms with van der Waals surface area (Å²) < 4.78 is 65.5. The predicted octanol–water partition coefficient (Wildman–Crippen LogP) is 2.84. The molecular weight excluding hydrogens is 385 g/mol. The van der Waals surface area contributed by atoms with Gasteiger partial charge in [0.2, 0.25) is 10.0 Å². The molecule has 2 aromatic rings. The molecule has 0 radical (unpaired) electrons. The van der Waals surface area contributed by atoms with Crippen molar-refractivity contribution in [1.82, 2.24) is 19.5 Å². The van der Waals surface area contributed by atoms with Gasteiger partial charge in [-0.05, 0) is 31.9 Å². The molecule has 2 aromatic heterocycles. The lowest BCUT2D eigenvalue weighted by molar-refractivity contribution is -0.137. The van der Waals surface area contributed by atoms with Gasteiger partial charge in [-0.3, -0.25) is 4.79 Å². The molecule has 0 aliphatic rings. The van der Waals surface area contributed by atoms with Crippen LogP contribution < -0.4 is 4.72 Å². The SMILES string of the molecule is CCC(CC)S(=O)(=O)NC(=O)c1cnn(-c2ccc(C(F)(F)F)cn2)c1C. The van der Waals surface area contributed by atoms with E-state index >= 15 is 0 Å². The van der Waals surface area contributed by atoms with Crippen LogP contribution >= 0.6 is 0 Å². The van der Waals surface area contributed by atoms with Crippen molar-refractivity contribution in [2.75, 3.05) is 0 Å². The first-order chi connectivity index (χ1) is 12.5. The maximum atomic E-state index is 12.6. The highest BCUT2D eigenvalue weighted by Crippen LogP contribution is 2.28. The molecule has 0 spiro atoms. The first-order valence-corrected chi connectivity index (χ1v) is 9.70. The summed E-state index contributed by atoms with van der Waals surface area (Å²) in [5, 5.41) is 3.23. The zero-order valence-electron chi connectivity index (χ0n) is 14.9. The molecule has 2 heterocycles. The lowest BCUT2D eigenvalue weighted by atomic mass is 10.2. The number of nitrogens with one attached hydrogen (secondary N) is 1. The van der Waals surface area contributed by atoms with E-state index in [1.807, 2.05) is 4.72 Å². The van der Waals surface area contributed by atoms with E-state index in [1.54, 1.807) is 13.8 Å². The number of nitrogens with zero attached hydrogens (tertiary/aromatic N) is 3. The number of sulfonamides is 1. The van der Waals surface area contributed by atoms with Gasteiger partial charge in [-0.1, -0.05) is 13.8 Å². The quantitative estimate of drug-likeness (QED) is 0.799. The van der Waals surface area contributed by atoms with Crippen molar-refractivity contribution in [2.45, 2.75) is 45.0 Å². The topological polar surface area (TPSA) is 94.0 Å². The van der Waals surface area contributed by atoms with E-state index < -0.39 is 32.9 Å². The van der Waals surface area contributed by atoms with Crippen molar-refractivity contribution in [2.24, 2.45) is 0 Å². The number of carbonyl (C=O) groups excluding carboxylic acids is 1. The van der Waals surface area contributed by atoms with Crippen LogP contribution in [0.4, 0.5) is 13.2 Å². The van der Waals surface area contributed by atoms with Crippen LogP contribution in [0.25, 0.3) is 5.82 Å². The molecule has 1 N–H and O–H groups in total. The van der Waals surface area contributed by atoms with E-state index in [1.165, 1.54) is 11.6 Å². The number of rotatable bonds is 6. The van der Waals surface area contributed by atoms with E-state index in [4.69, 9.17) is 0 Å². The minimum Gasteiger partial charge on any atom is -0.268 e. The fourth-order valence-electron chi connectivity index (χ4n) is 2.54. The molecule has 0 atom stereocenters. The molecule has 0 unspecified atom stereocenters.